The van der Waals surface area contributed by atoms with Gasteiger partial charge in [-0.2, -0.15) is 0 Å². The maximum Gasteiger partial charge on any atom is 0.274 e. The summed E-state index contributed by atoms with van der Waals surface area (Å²) >= 11 is 3.02. The van der Waals surface area contributed by atoms with Crippen molar-refractivity contribution in [2.24, 2.45) is 0 Å². The van der Waals surface area contributed by atoms with Gasteiger partial charge in [-0.05, 0) is 26.0 Å². The van der Waals surface area contributed by atoms with E-state index in [1.54, 1.807) is 22.0 Å². The summed E-state index contributed by atoms with van der Waals surface area (Å²) in [5.74, 6) is 0.788. The number of anilines is 1. The summed E-state index contributed by atoms with van der Waals surface area (Å²) in [7, 11) is 0. The van der Waals surface area contributed by atoms with Gasteiger partial charge in [0, 0.05) is 16.8 Å². The van der Waals surface area contributed by atoms with E-state index < -0.39 is 6.04 Å². The minimum absolute atomic E-state index is 0.154. The fraction of sp³-hybridized carbons (Fsp3) is 0.312. The van der Waals surface area contributed by atoms with E-state index in [4.69, 9.17) is 0 Å². The van der Waals surface area contributed by atoms with Crippen LogP contribution in [0.2, 0.25) is 0 Å². The van der Waals surface area contributed by atoms with E-state index in [1.807, 2.05) is 38.1 Å². The predicted octanol–water partition coefficient (Wildman–Crippen LogP) is 2.91. The molecule has 1 aliphatic heterocycles. The number of hydrogen-bond acceptors (Lipinski definition) is 5. The van der Waals surface area contributed by atoms with Gasteiger partial charge in [0.2, 0.25) is 5.91 Å². The molecule has 1 saturated heterocycles. The van der Waals surface area contributed by atoms with Crippen LogP contribution in [0.5, 0.6) is 0 Å². The minimum atomic E-state index is -0.462. The lowest BCUT2D eigenvalue weighted by atomic mass is 10.2. The van der Waals surface area contributed by atoms with Crippen LogP contribution in [-0.4, -0.2) is 39.4 Å². The molecule has 0 radical (unpaired) electrons. The maximum absolute atomic E-state index is 12.5. The third kappa shape index (κ3) is 3.56. The van der Waals surface area contributed by atoms with Crippen LogP contribution < -0.4 is 5.32 Å². The zero-order valence-corrected chi connectivity index (χ0v) is 14.5. The van der Waals surface area contributed by atoms with Crippen LogP contribution in [0.3, 0.4) is 0 Å². The first-order chi connectivity index (χ1) is 11.0. The molecule has 3 rings (SSSR count). The molecule has 1 N–H and O–H groups in total. The smallest absolute Gasteiger partial charge is 0.274 e. The molecular weight excluding hydrogens is 330 g/mol. The molecule has 120 valence electrons. The quantitative estimate of drug-likeness (QED) is 0.927. The molecule has 0 saturated carbocycles. The number of thiazole rings is 1. The van der Waals surface area contributed by atoms with E-state index in [0.29, 0.717) is 17.3 Å². The average molecular weight is 347 g/mol. The molecule has 2 heterocycles. The summed E-state index contributed by atoms with van der Waals surface area (Å²) in [5, 5.41) is 5.48. The van der Waals surface area contributed by atoms with E-state index in [2.05, 4.69) is 10.3 Å². The summed E-state index contributed by atoms with van der Waals surface area (Å²) in [6, 6.07) is 7.16. The van der Waals surface area contributed by atoms with Crippen molar-refractivity contribution in [3.63, 3.8) is 0 Å². The lowest BCUT2D eigenvalue weighted by Crippen LogP contribution is -2.44. The number of carbonyl (C=O) groups excluding carboxylic acids is 2. The van der Waals surface area contributed by atoms with Gasteiger partial charge in [-0.15, -0.1) is 23.1 Å². The van der Waals surface area contributed by atoms with Gasteiger partial charge in [0.05, 0.1) is 10.9 Å². The first-order valence-electron chi connectivity index (χ1n) is 7.23. The summed E-state index contributed by atoms with van der Waals surface area (Å²) in [6.45, 7) is 3.86. The summed E-state index contributed by atoms with van der Waals surface area (Å²) < 4.78 is 0. The highest BCUT2D eigenvalue weighted by molar-refractivity contribution is 7.99. The van der Waals surface area contributed by atoms with Crippen LogP contribution in [0.25, 0.3) is 0 Å². The SMILES string of the molecule is Cc1ccc(NC(=O)[C@@H]2CSCN2C(=O)c2csc(C)n2)cc1. The number of hydrogen-bond donors (Lipinski definition) is 1. The molecule has 23 heavy (non-hydrogen) atoms. The fourth-order valence-corrected chi connectivity index (χ4v) is 4.07. The van der Waals surface area contributed by atoms with Gasteiger partial charge in [0.25, 0.3) is 5.91 Å². The summed E-state index contributed by atoms with van der Waals surface area (Å²) in [6.07, 6.45) is 0. The van der Waals surface area contributed by atoms with Crippen molar-refractivity contribution in [2.75, 3.05) is 16.9 Å². The second-order valence-corrected chi connectivity index (χ2v) is 7.46. The lowest BCUT2D eigenvalue weighted by Gasteiger charge is -2.22. The highest BCUT2D eigenvalue weighted by Crippen LogP contribution is 2.25. The van der Waals surface area contributed by atoms with Gasteiger partial charge in [0.1, 0.15) is 11.7 Å². The number of amides is 2. The Morgan fingerprint density at radius 1 is 1.26 bits per heavy atom. The second kappa shape index (κ2) is 6.72. The molecule has 2 amide bonds. The van der Waals surface area contributed by atoms with Gasteiger partial charge in [-0.3, -0.25) is 9.59 Å². The fourth-order valence-electron chi connectivity index (χ4n) is 2.33. The molecule has 1 aromatic heterocycles. The number of aryl methyl sites for hydroxylation is 2. The third-order valence-electron chi connectivity index (χ3n) is 3.60. The van der Waals surface area contributed by atoms with Crippen LogP contribution in [0, 0.1) is 13.8 Å². The molecule has 5 nitrogen and oxygen atoms in total. The van der Waals surface area contributed by atoms with E-state index in [0.717, 1.165) is 16.3 Å². The largest absolute Gasteiger partial charge is 0.324 e. The highest BCUT2D eigenvalue weighted by atomic mass is 32.2. The molecule has 1 atom stereocenters. The van der Waals surface area contributed by atoms with Crippen molar-refractivity contribution in [2.45, 2.75) is 19.9 Å². The van der Waals surface area contributed by atoms with Crippen LogP contribution in [0.4, 0.5) is 5.69 Å². The molecule has 1 aliphatic rings. The molecule has 0 aliphatic carbocycles. The zero-order valence-electron chi connectivity index (χ0n) is 12.9. The molecule has 2 aromatic rings. The van der Waals surface area contributed by atoms with E-state index in [9.17, 15) is 9.59 Å². The van der Waals surface area contributed by atoms with E-state index in [1.165, 1.54) is 11.3 Å². The Morgan fingerprint density at radius 2 is 2.00 bits per heavy atom. The van der Waals surface area contributed by atoms with Gasteiger partial charge in [-0.1, -0.05) is 17.7 Å². The Morgan fingerprint density at radius 3 is 2.65 bits per heavy atom. The van der Waals surface area contributed by atoms with Crippen molar-refractivity contribution < 1.29 is 9.59 Å². The average Bonchev–Trinajstić information content (AvgIpc) is 3.17. The molecule has 0 unspecified atom stereocenters. The van der Waals surface area contributed by atoms with Crippen LogP contribution >= 0.6 is 23.1 Å². The van der Waals surface area contributed by atoms with Gasteiger partial charge < -0.3 is 10.2 Å². The Labute approximate surface area is 143 Å². The molecule has 0 bridgehead atoms. The summed E-state index contributed by atoms with van der Waals surface area (Å²) in [4.78, 5) is 30.9. The normalized spacial score (nSPS) is 17.3. The number of aromatic nitrogens is 1. The maximum atomic E-state index is 12.5. The van der Waals surface area contributed by atoms with Crippen LogP contribution in [0.15, 0.2) is 29.6 Å². The van der Waals surface area contributed by atoms with Crippen molar-refractivity contribution in [3.05, 3.63) is 45.9 Å². The monoisotopic (exact) mass is 347 g/mol. The number of nitrogens with one attached hydrogen (secondary N) is 1. The Hall–Kier alpha value is -1.86. The van der Waals surface area contributed by atoms with Crippen molar-refractivity contribution in [3.8, 4) is 0 Å². The number of carbonyl (C=O) groups is 2. The number of thioether (sulfide) groups is 1. The van der Waals surface area contributed by atoms with Crippen LogP contribution in [0.1, 0.15) is 21.1 Å². The van der Waals surface area contributed by atoms with Gasteiger partial charge >= 0.3 is 0 Å². The molecule has 1 fully saturated rings. The first kappa shape index (κ1) is 16.0. The first-order valence-corrected chi connectivity index (χ1v) is 9.26. The van der Waals surface area contributed by atoms with Crippen molar-refractivity contribution >= 4 is 40.6 Å². The number of benzene rings is 1. The zero-order chi connectivity index (χ0) is 16.4. The topological polar surface area (TPSA) is 62.3 Å². The minimum Gasteiger partial charge on any atom is -0.324 e. The number of nitrogens with zero attached hydrogens (tertiary/aromatic N) is 2. The lowest BCUT2D eigenvalue weighted by molar-refractivity contribution is -0.119. The van der Waals surface area contributed by atoms with Gasteiger partial charge in [-0.25, -0.2) is 4.98 Å². The standard InChI is InChI=1S/C16H17N3O2S2/c1-10-3-5-12(6-4-10)18-15(20)14-8-22-9-19(14)16(21)13-7-23-11(2)17-13/h3-7,14H,8-9H2,1-2H3,(H,18,20)/t14-/m0/s1. The van der Waals surface area contributed by atoms with Crippen molar-refractivity contribution in [1.82, 2.24) is 9.88 Å². The second-order valence-electron chi connectivity index (χ2n) is 5.40. The Bertz CT molecular complexity index is 727. The van der Waals surface area contributed by atoms with Crippen LogP contribution in [-0.2, 0) is 4.79 Å². The Balaban J connectivity index is 1.71. The van der Waals surface area contributed by atoms with E-state index in [-0.39, 0.29) is 11.8 Å². The van der Waals surface area contributed by atoms with Crippen molar-refractivity contribution in [1.29, 1.82) is 0 Å². The predicted molar refractivity (Wildman–Crippen MR) is 93.9 cm³/mol. The summed E-state index contributed by atoms with van der Waals surface area (Å²) in [5.41, 5.74) is 2.30. The molecular formula is C16H17N3O2S2. The molecule has 7 heteroatoms. The van der Waals surface area contributed by atoms with E-state index >= 15 is 0 Å². The third-order valence-corrected chi connectivity index (χ3v) is 5.39. The highest BCUT2D eigenvalue weighted by Gasteiger charge is 2.35. The van der Waals surface area contributed by atoms with Gasteiger partial charge in [0.15, 0.2) is 0 Å². The Kier molecular flexibility index (Phi) is 4.68. The number of rotatable bonds is 3. The molecule has 0 spiro atoms. The molecule has 1 aromatic carbocycles.